The molecular formula is C26H22N2O5. The Balaban J connectivity index is 1.48. The number of nitriles is 1. The summed E-state index contributed by atoms with van der Waals surface area (Å²) >= 11 is 0. The Morgan fingerprint density at radius 3 is 2.70 bits per heavy atom. The lowest BCUT2D eigenvalue weighted by Crippen LogP contribution is -2.14. The van der Waals surface area contributed by atoms with Gasteiger partial charge in [0.2, 0.25) is 6.79 Å². The van der Waals surface area contributed by atoms with E-state index in [9.17, 15) is 10.1 Å². The molecule has 0 saturated heterocycles. The molecule has 3 aromatic carbocycles. The van der Waals surface area contributed by atoms with Crippen molar-refractivity contribution < 1.29 is 23.7 Å². The van der Waals surface area contributed by atoms with Crippen molar-refractivity contribution in [2.75, 3.05) is 19.2 Å². The van der Waals surface area contributed by atoms with Gasteiger partial charge in [0.1, 0.15) is 18.2 Å². The number of rotatable bonds is 7. The first-order chi connectivity index (χ1) is 16.1. The summed E-state index contributed by atoms with van der Waals surface area (Å²) in [7, 11) is 1.53. The smallest absolute Gasteiger partial charge is 0.266 e. The van der Waals surface area contributed by atoms with Crippen molar-refractivity contribution in [2.24, 2.45) is 0 Å². The van der Waals surface area contributed by atoms with Gasteiger partial charge in [0, 0.05) is 5.69 Å². The quantitative estimate of drug-likeness (QED) is 0.415. The number of hydrogen-bond acceptors (Lipinski definition) is 6. The van der Waals surface area contributed by atoms with E-state index in [4.69, 9.17) is 18.9 Å². The van der Waals surface area contributed by atoms with Crippen LogP contribution in [0.2, 0.25) is 0 Å². The van der Waals surface area contributed by atoms with Crippen LogP contribution in [0.5, 0.6) is 23.0 Å². The molecule has 1 amide bonds. The van der Waals surface area contributed by atoms with Crippen molar-refractivity contribution in [3.63, 3.8) is 0 Å². The third-order valence-corrected chi connectivity index (χ3v) is 5.09. The van der Waals surface area contributed by atoms with Crippen molar-refractivity contribution in [1.82, 2.24) is 0 Å². The number of nitrogens with one attached hydrogen (secondary N) is 1. The second-order valence-corrected chi connectivity index (χ2v) is 7.33. The van der Waals surface area contributed by atoms with E-state index in [1.807, 2.05) is 49.4 Å². The van der Waals surface area contributed by atoms with E-state index < -0.39 is 5.91 Å². The second-order valence-electron chi connectivity index (χ2n) is 7.33. The van der Waals surface area contributed by atoms with Gasteiger partial charge in [-0.3, -0.25) is 4.79 Å². The lowest BCUT2D eigenvalue weighted by molar-refractivity contribution is -0.112. The Bertz CT molecular complexity index is 1260. The van der Waals surface area contributed by atoms with Gasteiger partial charge in [0.15, 0.2) is 23.0 Å². The van der Waals surface area contributed by atoms with E-state index in [1.54, 1.807) is 24.3 Å². The lowest BCUT2D eigenvalue weighted by atomic mass is 10.1. The van der Waals surface area contributed by atoms with Crippen LogP contribution in [0, 0.1) is 18.3 Å². The zero-order valence-electron chi connectivity index (χ0n) is 18.3. The minimum Gasteiger partial charge on any atom is -0.493 e. The Morgan fingerprint density at radius 1 is 1.09 bits per heavy atom. The molecule has 0 unspecified atom stereocenters. The zero-order chi connectivity index (χ0) is 23.2. The van der Waals surface area contributed by atoms with E-state index in [0.717, 1.165) is 11.1 Å². The standard InChI is InChI=1S/C26H22N2O5/c1-17-5-3-4-6-21(17)28-26(29)20(14-27)11-18-7-9-22(24(12-18)30-2)31-15-19-8-10-23-25(13-19)33-16-32-23/h3-13H,15-16H2,1-2H3,(H,28,29)/b20-11-. The summed E-state index contributed by atoms with van der Waals surface area (Å²) in [6, 6.07) is 20.2. The third kappa shape index (κ3) is 5.08. The van der Waals surface area contributed by atoms with Gasteiger partial charge in [-0.15, -0.1) is 0 Å². The van der Waals surface area contributed by atoms with Gasteiger partial charge in [-0.05, 0) is 60.0 Å². The topological polar surface area (TPSA) is 89.8 Å². The third-order valence-electron chi connectivity index (χ3n) is 5.09. The Kier molecular flexibility index (Phi) is 6.46. The fourth-order valence-corrected chi connectivity index (χ4v) is 3.30. The highest BCUT2D eigenvalue weighted by molar-refractivity contribution is 6.10. The number of benzene rings is 3. The van der Waals surface area contributed by atoms with Crippen LogP contribution in [0.4, 0.5) is 5.69 Å². The van der Waals surface area contributed by atoms with Crippen LogP contribution in [0.15, 0.2) is 66.2 Å². The molecule has 1 N–H and O–H groups in total. The zero-order valence-corrected chi connectivity index (χ0v) is 18.3. The first-order valence-electron chi connectivity index (χ1n) is 10.3. The highest BCUT2D eigenvalue weighted by atomic mass is 16.7. The van der Waals surface area contributed by atoms with Gasteiger partial charge in [-0.2, -0.15) is 5.26 Å². The van der Waals surface area contributed by atoms with Crippen LogP contribution < -0.4 is 24.3 Å². The van der Waals surface area contributed by atoms with Crippen molar-refractivity contribution >= 4 is 17.7 Å². The maximum absolute atomic E-state index is 12.6. The highest BCUT2D eigenvalue weighted by Gasteiger charge is 2.15. The molecule has 166 valence electrons. The summed E-state index contributed by atoms with van der Waals surface area (Å²) in [6.07, 6.45) is 1.51. The number of carbonyl (C=O) groups excluding carboxylic acids is 1. The van der Waals surface area contributed by atoms with E-state index >= 15 is 0 Å². The van der Waals surface area contributed by atoms with Gasteiger partial charge in [0.05, 0.1) is 7.11 Å². The van der Waals surface area contributed by atoms with Gasteiger partial charge in [-0.1, -0.05) is 30.3 Å². The van der Waals surface area contributed by atoms with Gasteiger partial charge < -0.3 is 24.3 Å². The Hall–Kier alpha value is -4.44. The van der Waals surface area contributed by atoms with Gasteiger partial charge in [0.25, 0.3) is 5.91 Å². The average Bonchev–Trinajstić information content (AvgIpc) is 3.30. The minimum absolute atomic E-state index is 0.0191. The molecule has 4 rings (SSSR count). The van der Waals surface area contributed by atoms with Crippen LogP contribution in [0.25, 0.3) is 6.08 Å². The SMILES string of the molecule is COc1cc(/C=C(/C#N)C(=O)Nc2ccccc2C)ccc1OCc1ccc2c(c1)OCO2. The summed E-state index contributed by atoms with van der Waals surface area (Å²) in [4.78, 5) is 12.6. The largest absolute Gasteiger partial charge is 0.493 e. The number of anilines is 1. The molecule has 0 spiro atoms. The number of ether oxygens (including phenoxy) is 4. The summed E-state index contributed by atoms with van der Waals surface area (Å²) in [5.41, 5.74) is 3.11. The Labute approximate surface area is 191 Å². The first-order valence-corrected chi connectivity index (χ1v) is 10.3. The number of hydrogen-bond donors (Lipinski definition) is 1. The van der Waals surface area contributed by atoms with E-state index in [-0.39, 0.29) is 12.4 Å². The van der Waals surface area contributed by atoms with E-state index in [1.165, 1.54) is 13.2 Å². The molecule has 7 heteroatoms. The fraction of sp³-hybridized carbons (Fsp3) is 0.154. The molecule has 1 heterocycles. The number of para-hydroxylation sites is 1. The molecule has 0 bridgehead atoms. The molecule has 0 radical (unpaired) electrons. The van der Waals surface area contributed by atoms with Crippen molar-refractivity contribution in [1.29, 1.82) is 5.26 Å². The highest BCUT2D eigenvalue weighted by Crippen LogP contribution is 2.34. The molecule has 0 atom stereocenters. The van der Waals surface area contributed by atoms with Crippen molar-refractivity contribution in [3.05, 3.63) is 82.9 Å². The van der Waals surface area contributed by atoms with E-state index in [0.29, 0.717) is 40.9 Å². The maximum Gasteiger partial charge on any atom is 0.266 e. The van der Waals surface area contributed by atoms with Crippen LogP contribution in [0.3, 0.4) is 0 Å². The van der Waals surface area contributed by atoms with Crippen molar-refractivity contribution in [3.8, 4) is 29.1 Å². The summed E-state index contributed by atoms with van der Waals surface area (Å²) in [5, 5.41) is 12.3. The molecule has 1 aliphatic rings. The van der Waals surface area contributed by atoms with Gasteiger partial charge >= 0.3 is 0 Å². The molecule has 1 aliphatic heterocycles. The predicted molar refractivity (Wildman–Crippen MR) is 123 cm³/mol. The average molecular weight is 442 g/mol. The summed E-state index contributed by atoms with van der Waals surface area (Å²) in [6.45, 7) is 2.42. The number of methoxy groups -OCH3 is 1. The van der Waals surface area contributed by atoms with E-state index in [2.05, 4.69) is 5.32 Å². The second kappa shape index (κ2) is 9.79. The number of carbonyl (C=O) groups is 1. The molecule has 0 aromatic heterocycles. The maximum atomic E-state index is 12.6. The van der Waals surface area contributed by atoms with Crippen LogP contribution in [-0.2, 0) is 11.4 Å². The molecule has 3 aromatic rings. The lowest BCUT2D eigenvalue weighted by Gasteiger charge is -2.12. The molecule has 33 heavy (non-hydrogen) atoms. The van der Waals surface area contributed by atoms with Crippen molar-refractivity contribution in [2.45, 2.75) is 13.5 Å². The van der Waals surface area contributed by atoms with Crippen LogP contribution in [-0.4, -0.2) is 19.8 Å². The fourth-order valence-electron chi connectivity index (χ4n) is 3.30. The number of fused-ring (bicyclic) bond motifs is 1. The number of nitrogens with zero attached hydrogens (tertiary/aromatic N) is 1. The molecule has 0 fully saturated rings. The predicted octanol–water partition coefficient (Wildman–Crippen LogP) is 4.86. The van der Waals surface area contributed by atoms with Crippen LogP contribution in [0.1, 0.15) is 16.7 Å². The first kappa shape index (κ1) is 21.8. The minimum atomic E-state index is -0.478. The number of amides is 1. The van der Waals surface area contributed by atoms with Crippen LogP contribution >= 0.6 is 0 Å². The number of aryl methyl sites for hydroxylation is 1. The summed E-state index contributed by atoms with van der Waals surface area (Å²) in [5.74, 6) is 1.95. The monoisotopic (exact) mass is 442 g/mol. The molecule has 7 nitrogen and oxygen atoms in total. The molecule has 0 saturated carbocycles. The molecule has 0 aliphatic carbocycles. The molecular weight excluding hydrogens is 420 g/mol. The summed E-state index contributed by atoms with van der Waals surface area (Å²) < 4.78 is 22.1. The van der Waals surface area contributed by atoms with Gasteiger partial charge in [-0.25, -0.2) is 0 Å². The Morgan fingerprint density at radius 2 is 1.91 bits per heavy atom. The normalized spacial score (nSPS) is 12.1.